The van der Waals surface area contributed by atoms with Gasteiger partial charge in [-0.2, -0.15) is 0 Å². The Kier molecular flexibility index (Phi) is 5.58. The second-order valence-electron chi connectivity index (χ2n) is 5.70. The maximum Gasteiger partial charge on any atom is 0.243 e. The van der Waals surface area contributed by atoms with Crippen molar-refractivity contribution in [2.45, 2.75) is 12.8 Å². The zero-order chi connectivity index (χ0) is 18.4. The smallest absolute Gasteiger partial charge is 0.243 e. The summed E-state index contributed by atoms with van der Waals surface area (Å²) in [5.74, 6) is 1.48. The number of fused-ring (bicyclic) bond motifs is 1. The summed E-state index contributed by atoms with van der Waals surface area (Å²) in [6.07, 6.45) is 0.817. The van der Waals surface area contributed by atoms with Gasteiger partial charge in [0.15, 0.2) is 11.5 Å². The third-order valence-corrected chi connectivity index (χ3v) is 3.92. The first-order valence-electron chi connectivity index (χ1n) is 8.24. The largest absolute Gasteiger partial charge is 0.496 e. The lowest BCUT2D eigenvalue weighted by Crippen LogP contribution is -2.32. The predicted octanol–water partition coefficient (Wildman–Crippen LogP) is 2.11. The molecule has 2 aromatic carbocycles. The molecule has 0 aromatic heterocycles. The normalized spacial score (nSPS) is 11.7. The Bertz CT molecular complexity index is 806. The minimum Gasteiger partial charge on any atom is -0.496 e. The van der Waals surface area contributed by atoms with E-state index in [1.54, 1.807) is 25.3 Å². The molecule has 136 valence electrons. The van der Waals surface area contributed by atoms with Gasteiger partial charge >= 0.3 is 0 Å². The zero-order valence-corrected chi connectivity index (χ0v) is 14.4. The number of aryl methyl sites for hydroxylation is 1. The molecule has 0 unspecified atom stereocenters. The molecule has 0 radical (unpaired) electrons. The van der Waals surface area contributed by atoms with Crippen molar-refractivity contribution in [2.75, 3.05) is 25.8 Å². The minimum atomic E-state index is -0.311. The Morgan fingerprint density at radius 2 is 1.88 bits per heavy atom. The van der Waals surface area contributed by atoms with Gasteiger partial charge in [0.2, 0.25) is 18.6 Å². The van der Waals surface area contributed by atoms with Crippen molar-refractivity contribution in [1.29, 1.82) is 0 Å². The molecule has 1 heterocycles. The average Bonchev–Trinajstić information content (AvgIpc) is 3.12. The maximum atomic E-state index is 12.0. The first-order chi connectivity index (χ1) is 12.7. The van der Waals surface area contributed by atoms with E-state index in [4.69, 9.17) is 14.2 Å². The van der Waals surface area contributed by atoms with Crippen LogP contribution < -0.4 is 24.8 Å². The summed E-state index contributed by atoms with van der Waals surface area (Å²) in [5, 5.41) is 5.32. The molecule has 1 aliphatic heterocycles. The average molecular weight is 356 g/mol. The highest BCUT2D eigenvalue weighted by molar-refractivity contribution is 5.94. The minimum absolute atomic E-state index is 0.0980. The summed E-state index contributed by atoms with van der Waals surface area (Å²) in [7, 11) is 1.60. The maximum absolute atomic E-state index is 12.0. The number of hydrogen-bond donors (Lipinski definition) is 2. The van der Waals surface area contributed by atoms with Crippen LogP contribution in [-0.4, -0.2) is 32.3 Å². The molecule has 26 heavy (non-hydrogen) atoms. The fraction of sp³-hybridized carbons (Fsp3) is 0.263. The van der Waals surface area contributed by atoms with Crippen molar-refractivity contribution < 1.29 is 23.8 Å². The number of para-hydroxylation sites is 1. The first-order valence-corrected chi connectivity index (χ1v) is 8.24. The Hall–Kier alpha value is -3.22. The second kappa shape index (κ2) is 8.24. The third-order valence-electron chi connectivity index (χ3n) is 3.92. The van der Waals surface area contributed by atoms with Crippen molar-refractivity contribution in [2.24, 2.45) is 0 Å². The molecule has 2 aromatic rings. The van der Waals surface area contributed by atoms with Crippen LogP contribution in [0.25, 0.3) is 0 Å². The number of ether oxygens (including phenoxy) is 3. The topological polar surface area (TPSA) is 85.9 Å². The number of nitrogens with one attached hydrogen (secondary N) is 2. The number of carbonyl (C=O) groups excluding carboxylic acids is 2. The molecule has 7 nitrogen and oxygen atoms in total. The highest BCUT2D eigenvalue weighted by Crippen LogP contribution is 2.34. The van der Waals surface area contributed by atoms with Gasteiger partial charge in [0.1, 0.15) is 5.75 Å². The summed E-state index contributed by atoms with van der Waals surface area (Å²) in [4.78, 5) is 23.9. The molecule has 2 amide bonds. The number of rotatable bonds is 7. The van der Waals surface area contributed by atoms with Gasteiger partial charge in [0, 0.05) is 18.2 Å². The number of hydrogen-bond acceptors (Lipinski definition) is 5. The Labute approximate surface area is 151 Å². The second-order valence-corrected chi connectivity index (χ2v) is 5.70. The monoisotopic (exact) mass is 356 g/mol. The number of amides is 2. The van der Waals surface area contributed by atoms with E-state index in [1.165, 1.54) is 0 Å². The molecule has 7 heteroatoms. The molecular formula is C19H20N2O5. The van der Waals surface area contributed by atoms with Crippen LogP contribution in [0.15, 0.2) is 42.5 Å². The quantitative estimate of drug-likeness (QED) is 0.794. The van der Waals surface area contributed by atoms with Crippen molar-refractivity contribution in [3.63, 3.8) is 0 Å². The molecule has 0 bridgehead atoms. The molecule has 0 aliphatic carbocycles. The van der Waals surface area contributed by atoms with E-state index < -0.39 is 0 Å². The lowest BCUT2D eigenvalue weighted by Gasteiger charge is -2.09. The molecule has 0 fully saturated rings. The number of methoxy groups -OCH3 is 1. The van der Waals surface area contributed by atoms with Crippen LogP contribution >= 0.6 is 0 Å². The predicted molar refractivity (Wildman–Crippen MR) is 95.5 cm³/mol. The lowest BCUT2D eigenvalue weighted by molar-refractivity contribution is -0.124. The van der Waals surface area contributed by atoms with Gasteiger partial charge in [-0.15, -0.1) is 0 Å². The summed E-state index contributed by atoms with van der Waals surface area (Å²) >= 11 is 0. The Morgan fingerprint density at radius 1 is 1.08 bits per heavy atom. The van der Waals surface area contributed by atoms with Crippen molar-refractivity contribution >= 4 is 17.5 Å². The van der Waals surface area contributed by atoms with Crippen molar-refractivity contribution in [3.8, 4) is 17.2 Å². The summed E-state index contributed by atoms with van der Waals surface area (Å²) in [5.41, 5.74) is 1.54. The number of anilines is 1. The molecule has 0 spiro atoms. The van der Waals surface area contributed by atoms with Crippen molar-refractivity contribution in [3.05, 3.63) is 48.0 Å². The number of benzene rings is 2. The van der Waals surface area contributed by atoms with Gasteiger partial charge in [-0.25, -0.2) is 0 Å². The van der Waals surface area contributed by atoms with Crippen LogP contribution in [0, 0.1) is 0 Å². The van der Waals surface area contributed by atoms with Gasteiger partial charge in [-0.1, -0.05) is 18.2 Å². The van der Waals surface area contributed by atoms with E-state index in [0.29, 0.717) is 23.6 Å². The van der Waals surface area contributed by atoms with Crippen LogP contribution in [0.4, 0.5) is 5.69 Å². The Balaban J connectivity index is 1.43. The van der Waals surface area contributed by atoms with E-state index in [1.807, 2.05) is 24.3 Å². The molecule has 3 rings (SSSR count). The van der Waals surface area contributed by atoms with Crippen LogP contribution in [0.1, 0.15) is 12.0 Å². The Morgan fingerprint density at radius 3 is 2.73 bits per heavy atom. The van der Waals surface area contributed by atoms with Crippen LogP contribution in [0.2, 0.25) is 0 Å². The first kappa shape index (κ1) is 17.6. The molecule has 0 saturated carbocycles. The standard InChI is InChI=1S/C19H20N2O5/c1-24-15-5-3-2-4-13(15)6-9-18(22)20-11-19(23)21-14-7-8-16-17(10-14)26-12-25-16/h2-5,7-8,10H,6,9,11-12H2,1H3,(H,20,22)(H,21,23). The van der Waals surface area contributed by atoms with E-state index in [9.17, 15) is 9.59 Å². The van der Waals surface area contributed by atoms with Gasteiger partial charge in [-0.3, -0.25) is 9.59 Å². The van der Waals surface area contributed by atoms with Crippen molar-refractivity contribution in [1.82, 2.24) is 5.32 Å². The van der Waals surface area contributed by atoms with Gasteiger partial charge < -0.3 is 24.8 Å². The summed E-state index contributed by atoms with van der Waals surface area (Å²) < 4.78 is 15.7. The van der Waals surface area contributed by atoms with Gasteiger partial charge in [-0.05, 0) is 30.2 Å². The summed E-state index contributed by atoms with van der Waals surface area (Å²) in [6.45, 7) is 0.0776. The van der Waals surface area contributed by atoms with Gasteiger partial charge in [0.25, 0.3) is 0 Å². The molecule has 0 atom stereocenters. The fourth-order valence-corrected chi connectivity index (χ4v) is 2.60. The molecular weight excluding hydrogens is 336 g/mol. The lowest BCUT2D eigenvalue weighted by atomic mass is 10.1. The van der Waals surface area contributed by atoms with Gasteiger partial charge in [0.05, 0.1) is 13.7 Å². The van der Waals surface area contributed by atoms with E-state index in [2.05, 4.69) is 10.6 Å². The third kappa shape index (κ3) is 4.44. The number of carbonyl (C=O) groups is 2. The van der Waals surface area contributed by atoms with E-state index in [-0.39, 0.29) is 31.6 Å². The molecule has 1 aliphatic rings. The highest BCUT2D eigenvalue weighted by Gasteiger charge is 2.14. The zero-order valence-electron chi connectivity index (χ0n) is 14.4. The van der Waals surface area contributed by atoms with E-state index in [0.717, 1.165) is 11.3 Å². The fourth-order valence-electron chi connectivity index (χ4n) is 2.60. The van der Waals surface area contributed by atoms with E-state index >= 15 is 0 Å². The summed E-state index contributed by atoms with van der Waals surface area (Å²) in [6, 6.07) is 12.7. The van der Waals surface area contributed by atoms with Crippen LogP contribution in [0.3, 0.4) is 0 Å². The molecule has 2 N–H and O–H groups in total. The van der Waals surface area contributed by atoms with Crippen LogP contribution in [0.5, 0.6) is 17.2 Å². The highest BCUT2D eigenvalue weighted by atomic mass is 16.7. The molecule has 0 saturated heterocycles. The SMILES string of the molecule is COc1ccccc1CCC(=O)NCC(=O)Nc1ccc2c(c1)OCO2. The van der Waals surface area contributed by atoms with Crippen LogP contribution in [-0.2, 0) is 16.0 Å².